The number of carbonyl (C=O) groups is 1. The molecule has 3 rings (SSSR count). The molecule has 0 saturated heterocycles. The summed E-state index contributed by atoms with van der Waals surface area (Å²) < 4.78 is 6.76. The number of hydrogen-bond donors (Lipinski definition) is 2. The van der Waals surface area contributed by atoms with E-state index in [-0.39, 0.29) is 18.3 Å². The predicted octanol–water partition coefficient (Wildman–Crippen LogP) is 6.12. The van der Waals surface area contributed by atoms with Crippen molar-refractivity contribution in [2.24, 2.45) is 0 Å². The number of hydrogen-bond acceptors (Lipinski definition) is 5. The number of rotatable bonds is 9. The summed E-state index contributed by atoms with van der Waals surface area (Å²) in [5, 5.41) is 10.5. The summed E-state index contributed by atoms with van der Waals surface area (Å²) in [5.41, 5.74) is 3.19. The molecule has 0 fully saturated rings. The van der Waals surface area contributed by atoms with Gasteiger partial charge in [-0.25, -0.2) is 4.98 Å². The van der Waals surface area contributed by atoms with Crippen LogP contribution in [0.25, 0.3) is 0 Å². The number of thioether (sulfide) groups is 1. The number of halogens is 1. The van der Waals surface area contributed by atoms with Crippen molar-refractivity contribution in [3.63, 3.8) is 0 Å². The van der Waals surface area contributed by atoms with Crippen LogP contribution in [-0.4, -0.2) is 26.8 Å². The van der Waals surface area contributed by atoms with Crippen LogP contribution in [0.4, 0.5) is 5.69 Å². The van der Waals surface area contributed by atoms with E-state index in [1.54, 1.807) is 0 Å². The fourth-order valence-electron chi connectivity index (χ4n) is 2.95. The third kappa shape index (κ3) is 6.83. The number of amides is 1. The van der Waals surface area contributed by atoms with Crippen LogP contribution in [0.1, 0.15) is 56.5 Å². The van der Waals surface area contributed by atoms with Gasteiger partial charge in [0.15, 0.2) is 5.82 Å². The summed E-state index contributed by atoms with van der Waals surface area (Å²) in [5.74, 6) is 2.32. The molecule has 1 heterocycles. The van der Waals surface area contributed by atoms with E-state index >= 15 is 0 Å². The predicted molar refractivity (Wildman–Crippen MR) is 129 cm³/mol. The van der Waals surface area contributed by atoms with Gasteiger partial charge >= 0.3 is 0 Å². The van der Waals surface area contributed by atoms with Gasteiger partial charge in [-0.3, -0.25) is 9.89 Å². The fraction of sp³-hybridized carbons (Fsp3) is 0.348. The Hall–Kier alpha value is -2.32. The van der Waals surface area contributed by atoms with Crippen LogP contribution in [0.2, 0.25) is 0 Å². The number of carbonyl (C=O) groups excluding carboxylic acids is 1. The molecule has 2 N–H and O–H groups in total. The molecule has 3 aromatic rings. The van der Waals surface area contributed by atoms with Gasteiger partial charge in [-0.2, -0.15) is 0 Å². The first-order valence-corrected chi connectivity index (χ1v) is 12.0. The van der Waals surface area contributed by atoms with Crippen molar-refractivity contribution < 1.29 is 9.53 Å². The molecule has 0 aliphatic heterocycles. The minimum absolute atomic E-state index is 0.0953. The zero-order chi connectivity index (χ0) is 22.4. The summed E-state index contributed by atoms with van der Waals surface area (Å²) in [7, 11) is 0. The first-order chi connectivity index (χ1) is 14.8. The number of nitrogens with zero attached hydrogens (tertiary/aromatic N) is 2. The maximum absolute atomic E-state index is 12.4. The van der Waals surface area contributed by atoms with Crippen LogP contribution in [-0.2, 0) is 11.4 Å². The van der Waals surface area contributed by atoms with Crippen molar-refractivity contribution in [3.05, 3.63) is 63.9 Å². The molecule has 31 heavy (non-hydrogen) atoms. The van der Waals surface area contributed by atoms with E-state index in [9.17, 15) is 4.79 Å². The Labute approximate surface area is 195 Å². The molecule has 1 amide bonds. The molecule has 1 aromatic heterocycles. The third-order valence-corrected chi connectivity index (χ3v) is 6.02. The normalized spacial score (nSPS) is 11.2. The molecule has 0 aliphatic carbocycles. The number of anilines is 1. The molecule has 0 atom stereocenters. The third-order valence-electron chi connectivity index (χ3n) is 4.68. The van der Waals surface area contributed by atoms with Crippen molar-refractivity contribution in [2.45, 2.75) is 51.3 Å². The minimum Gasteiger partial charge on any atom is -0.486 e. The number of nitrogens with one attached hydrogen (secondary N) is 2. The van der Waals surface area contributed by atoms with Gasteiger partial charge in [-0.05, 0) is 53.3 Å². The van der Waals surface area contributed by atoms with E-state index in [4.69, 9.17) is 4.74 Å². The number of aromatic nitrogens is 3. The smallest absolute Gasteiger partial charge is 0.234 e. The van der Waals surface area contributed by atoms with Crippen LogP contribution < -0.4 is 10.1 Å². The van der Waals surface area contributed by atoms with Gasteiger partial charge in [0.2, 0.25) is 11.1 Å². The maximum Gasteiger partial charge on any atom is 0.234 e. The highest BCUT2D eigenvalue weighted by molar-refractivity contribution is 9.10. The van der Waals surface area contributed by atoms with Crippen LogP contribution in [0.15, 0.2) is 52.1 Å². The lowest BCUT2D eigenvalue weighted by atomic mass is 10.0. The summed E-state index contributed by atoms with van der Waals surface area (Å²) in [4.78, 5) is 16.8. The first-order valence-electron chi connectivity index (χ1n) is 10.2. The van der Waals surface area contributed by atoms with Crippen molar-refractivity contribution in [1.29, 1.82) is 0 Å². The van der Waals surface area contributed by atoms with Crippen molar-refractivity contribution >= 4 is 39.3 Å². The number of H-pyrrole nitrogens is 1. The summed E-state index contributed by atoms with van der Waals surface area (Å²) >= 11 is 4.77. The van der Waals surface area contributed by atoms with Crippen molar-refractivity contribution in [2.75, 3.05) is 11.1 Å². The van der Waals surface area contributed by atoms with Crippen LogP contribution in [0, 0.1) is 0 Å². The molecule has 2 aromatic carbocycles. The molecule has 0 spiro atoms. The fourth-order valence-corrected chi connectivity index (χ4v) is 3.95. The number of aromatic amines is 1. The van der Waals surface area contributed by atoms with Crippen LogP contribution in [0.3, 0.4) is 0 Å². The first kappa shape index (κ1) is 23.3. The second-order valence-corrected chi connectivity index (χ2v) is 9.66. The lowest BCUT2D eigenvalue weighted by Gasteiger charge is -2.14. The van der Waals surface area contributed by atoms with Gasteiger partial charge in [0, 0.05) is 10.2 Å². The Morgan fingerprint density at radius 3 is 2.55 bits per heavy atom. The van der Waals surface area contributed by atoms with E-state index in [0.29, 0.717) is 22.8 Å². The number of benzene rings is 2. The molecular weight excluding hydrogens is 476 g/mol. The highest BCUT2D eigenvalue weighted by Gasteiger charge is 2.12. The molecule has 164 valence electrons. The Morgan fingerprint density at radius 1 is 1.13 bits per heavy atom. The van der Waals surface area contributed by atoms with Gasteiger partial charge in [-0.1, -0.05) is 67.5 Å². The monoisotopic (exact) mass is 502 g/mol. The topological polar surface area (TPSA) is 79.9 Å². The molecule has 0 unspecified atom stereocenters. The van der Waals surface area contributed by atoms with Gasteiger partial charge in [0.1, 0.15) is 12.4 Å². The molecular formula is C23H27BrN4O2S. The average Bonchev–Trinajstić information content (AvgIpc) is 3.20. The van der Waals surface area contributed by atoms with E-state index in [0.717, 1.165) is 21.5 Å². The molecule has 6 nitrogen and oxygen atoms in total. The number of ether oxygens (including phenoxy) is 1. The second-order valence-electron chi connectivity index (χ2n) is 7.80. The quantitative estimate of drug-likeness (QED) is 0.344. The highest BCUT2D eigenvalue weighted by atomic mass is 79.9. The maximum atomic E-state index is 12.4. The van der Waals surface area contributed by atoms with Crippen molar-refractivity contribution in [1.82, 2.24) is 15.2 Å². The summed E-state index contributed by atoms with van der Waals surface area (Å²) in [6.45, 7) is 8.81. The Bertz CT molecular complexity index is 1020. The van der Waals surface area contributed by atoms with Crippen LogP contribution in [0.5, 0.6) is 5.75 Å². The second kappa shape index (κ2) is 10.8. The van der Waals surface area contributed by atoms with E-state index < -0.39 is 0 Å². The zero-order valence-corrected chi connectivity index (χ0v) is 20.5. The van der Waals surface area contributed by atoms with E-state index in [1.165, 1.54) is 17.3 Å². The molecule has 8 heteroatoms. The largest absolute Gasteiger partial charge is 0.486 e. The molecule has 0 bridgehead atoms. The lowest BCUT2D eigenvalue weighted by molar-refractivity contribution is -0.113. The van der Waals surface area contributed by atoms with Gasteiger partial charge in [-0.15, -0.1) is 5.10 Å². The standard InChI is InChI=1S/C23H27BrN4O2S/c1-14(2)16-5-8-18(9-6-16)30-12-21-26-23(28-27-21)31-13-22(29)25-20-10-7-17(24)11-19(20)15(3)4/h5-11,14-15H,12-13H2,1-4H3,(H,25,29)(H,26,27,28). The summed E-state index contributed by atoms with van der Waals surface area (Å²) in [6.07, 6.45) is 0. The van der Waals surface area contributed by atoms with Crippen LogP contribution >= 0.6 is 27.7 Å². The molecule has 0 saturated carbocycles. The Morgan fingerprint density at radius 2 is 1.87 bits per heavy atom. The van der Waals surface area contributed by atoms with E-state index in [1.807, 2.05) is 30.3 Å². The zero-order valence-electron chi connectivity index (χ0n) is 18.1. The SMILES string of the molecule is CC(C)c1ccc(OCc2nc(SCC(=O)Nc3ccc(Br)cc3C(C)C)n[nH]2)cc1. The van der Waals surface area contributed by atoms with E-state index in [2.05, 4.69) is 76.3 Å². The molecule has 0 radical (unpaired) electrons. The Kier molecular flexibility index (Phi) is 8.15. The highest BCUT2D eigenvalue weighted by Crippen LogP contribution is 2.28. The Balaban J connectivity index is 1.49. The minimum atomic E-state index is -0.0953. The summed E-state index contributed by atoms with van der Waals surface area (Å²) in [6, 6.07) is 13.9. The van der Waals surface area contributed by atoms with Gasteiger partial charge in [0.25, 0.3) is 0 Å². The van der Waals surface area contributed by atoms with Gasteiger partial charge < -0.3 is 10.1 Å². The van der Waals surface area contributed by atoms with Gasteiger partial charge in [0.05, 0.1) is 5.75 Å². The lowest BCUT2D eigenvalue weighted by Crippen LogP contribution is -2.15. The molecule has 0 aliphatic rings. The van der Waals surface area contributed by atoms with Crippen molar-refractivity contribution in [3.8, 4) is 5.75 Å². The average molecular weight is 503 g/mol.